The van der Waals surface area contributed by atoms with Crippen molar-refractivity contribution in [2.24, 2.45) is 0 Å². The maximum atomic E-state index is 5.52. The molecule has 0 amide bonds. The largest absolute Gasteiger partial charge is 0.296 e. The third-order valence-electron chi connectivity index (χ3n) is 2.41. The number of nitrogens with one attached hydrogen (secondary N) is 1. The van der Waals surface area contributed by atoms with Gasteiger partial charge in [0.25, 0.3) is 0 Å². The molecule has 3 nitrogen and oxygen atoms in total. The van der Waals surface area contributed by atoms with Crippen molar-refractivity contribution in [3.05, 3.63) is 42.2 Å². The number of rotatable bonds is 3. The molecular weight excluding hydrogens is 212 g/mol. The maximum absolute atomic E-state index is 5.52. The van der Waals surface area contributed by atoms with Gasteiger partial charge >= 0.3 is 0 Å². The van der Waals surface area contributed by atoms with Crippen molar-refractivity contribution in [1.29, 1.82) is 0 Å². The first kappa shape index (κ1) is 12.0. The zero-order valence-electron chi connectivity index (χ0n) is 10.5. The Balaban J connectivity index is 2.13. The van der Waals surface area contributed by atoms with E-state index in [-0.39, 0.29) is 5.60 Å². The molecule has 0 atom stereocenters. The molecule has 0 saturated heterocycles. The molecule has 2 rings (SSSR count). The standard InChI is InChI=1S/C14H18N2O/c1-14(2,3)17-16-10-12-6-4-5-11-9-15-8-7-13(11)12/h4-9,16H,10H2,1-3H3. The Morgan fingerprint density at radius 1 is 1.24 bits per heavy atom. The number of hydroxylamine groups is 1. The lowest BCUT2D eigenvalue weighted by atomic mass is 10.1. The van der Waals surface area contributed by atoms with Crippen LogP contribution in [-0.4, -0.2) is 10.6 Å². The summed E-state index contributed by atoms with van der Waals surface area (Å²) in [5.41, 5.74) is 4.06. The minimum atomic E-state index is -0.174. The van der Waals surface area contributed by atoms with Crippen LogP contribution in [0.1, 0.15) is 26.3 Å². The minimum Gasteiger partial charge on any atom is -0.296 e. The summed E-state index contributed by atoms with van der Waals surface area (Å²) >= 11 is 0. The number of hydrogen-bond acceptors (Lipinski definition) is 3. The monoisotopic (exact) mass is 230 g/mol. The van der Waals surface area contributed by atoms with Crippen molar-refractivity contribution < 1.29 is 4.84 Å². The molecule has 0 unspecified atom stereocenters. The van der Waals surface area contributed by atoms with Gasteiger partial charge in [-0.2, -0.15) is 5.48 Å². The molecule has 17 heavy (non-hydrogen) atoms. The predicted molar refractivity (Wildman–Crippen MR) is 69.4 cm³/mol. The van der Waals surface area contributed by atoms with Gasteiger partial charge in [0.05, 0.1) is 5.60 Å². The van der Waals surface area contributed by atoms with Crippen LogP contribution in [0.25, 0.3) is 10.8 Å². The molecule has 0 saturated carbocycles. The molecule has 1 N–H and O–H groups in total. The summed E-state index contributed by atoms with van der Waals surface area (Å²) in [5.74, 6) is 0. The molecule has 0 radical (unpaired) electrons. The van der Waals surface area contributed by atoms with E-state index >= 15 is 0 Å². The molecule has 0 spiro atoms. The highest BCUT2D eigenvalue weighted by Crippen LogP contribution is 2.17. The van der Waals surface area contributed by atoms with Gasteiger partial charge in [0.15, 0.2) is 0 Å². The molecule has 0 aliphatic rings. The third-order valence-corrected chi connectivity index (χ3v) is 2.41. The van der Waals surface area contributed by atoms with Crippen LogP contribution in [0.4, 0.5) is 0 Å². The van der Waals surface area contributed by atoms with Gasteiger partial charge in [-0.05, 0) is 37.8 Å². The fourth-order valence-corrected chi connectivity index (χ4v) is 1.67. The molecule has 90 valence electrons. The SMILES string of the molecule is CC(C)(C)ONCc1cccc2cnccc12. The Bertz CT molecular complexity index is 498. The molecule has 3 heteroatoms. The molecular formula is C14H18N2O. The van der Waals surface area contributed by atoms with E-state index in [0.717, 1.165) is 5.39 Å². The van der Waals surface area contributed by atoms with Gasteiger partial charge in [-0.25, -0.2) is 0 Å². The second kappa shape index (κ2) is 4.82. The van der Waals surface area contributed by atoms with E-state index in [1.165, 1.54) is 10.9 Å². The average Bonchev–Trinajstić information content (AvgIpc) is 2.28. The highest BCUT2D eigenvalue weighted by Gasteiger charge is 2.10. The van der Waals surface area contributed by atoms with Crippen molar-refractivity contribution >= 4 is 10.8 Å². The molecule has 2 aromatic rings. The number of hydrogen-bond donors (Lipinski definition) is 1. The van der Waals surface area contributed by atoms with Gasteiger partial charge in [0, 0.05) is 24.3 Å². The second-order valence-electron chi connectivity index (χ2n) is 5.05. The van der Waals surface area contributed by atoms with Gasteiger partial charge in [0.1, 0.15) is 0 Å². The van der Waals surface area contributed by atoms with Crippen molar-refractivity contribution in [2.45, 2.75) is 32.9 Å². The lowest BCUT2D eigenvalue weighted by Crippen LogP contribution is -2.28. The molecule has 1 aromatic carbocycles. The first-order chi connectivity index (χ1) is 8.06. The van der Waals surface area contributed by atoms with E-state index in [1.54, 1.807) is 0 Å². The van der Waals surface area contributed by atoms with Gasteiger partial charge in [0.2, 0.25) is 0 Å². The van der Waals surface area contributed by atoms with Crippen molar-refractivity contribution in [1.82, 2.24) is 10.5 Å². The van der Waals surface area contributed by atoms with Crippen LogP contribution in [0.2, 0.25) is 0 Å². The number of nitrogens with zero attached hydrogens (tertiary/aromatic N) is 1. The molecule has 0 fully saturated rings. The summed E-state index contributed by atoms with van der Waals surface area (Å²) in [4.78, 5) is 9.64. The maximum Gasteiger partial charge on any atom is 0.0813 e. The predicted octanol–water partition coefficient (Wildman–Crippen LogP) is 3.05. The van der Waals surface area contributed by atoms with Gasteiger partial charge < -0.3 is 0 Å². The fraction of sp³-hybridized carbons (Fsp3) is 0.357. The van der Waals surface area contributed by atoms with E-state index in [9.17, 15) is 0 Å². The minimum absolute atomic E-state index is 0.174. The van der Waals surface area contributed by atoms with E-state index in [4.69, 9.17) is 4.84 Å². The highest BCUT2D eigenvalue weighted by atomic mass is 16.7. The first-order valence-electron chi connectivity index (χ1n) is 5.79. The average molecular weight is 230 g/mol. The van der Waals surface area contributed by atoms with Crippen molar-refractivity contribution in [3.8, 4) is 0 Å². The van der Waals surface area contributed by atoms with Crippen LogP contribution < -0.4 is 5.48 Å². The Labute approximate surface area is 102 Å². The van der Waals surface area contributed by atoms with Crippen LogP contribution in [0, 0.1) is 0 Å². The van der Waals surface area contributed by atoms with Crippen LogP contribution in [-0.2, 0) is 11.4 Å². The highest BCUT2D eigenvalue weighted by molar-refractivity contribution is 5.84. The Kier molecular flexibility index (Phi) is 3.41. The summed E-state index contributed by atoms with van der Waals surface area (Å²) in [5, 5.41) is 2.37. The molecule has 0 aliphatic carbocycles. The Hall–Kier alpha value is -1.45. The fourth-order valence-electron chi connectivity index (χ4n) is 1.67. The zero-order chi connectivity index (χ0) is 12.3. The number of pyridine rings is 1. The topological polar surface area (TPSA) is 34.1 Å². The normalized spacial score (nSPS) is 11.9. The van der Waals surface area contributed by atoms with E-state index < -0.39 is 0 Å². The van der Waals surface area contributed by atoms with Gasteiger partial charge in [-0.3, -0.25) is 9.82 Å². The molecule has 0 bridgehead atoms. The molecule has 0 aliphatic heterocycles. The van der Waals surface area contributed by atoms with Gasteiger partial charge in [-0.15, -0.1) is 0 Å². The quantitative estimate of drug-likeness (QED) is 0.823. The Morgan fingerprint density at radius 3 is 2.82 bits per heavy atom. The number of benzene rings is 1. The second-order valence-corrected chi connectivity index (χ2v) is 5.05. The van der Waals surface area contributed by atoms with E-state index in [0.29, 0.717) is 6.54 Å². The van der Waals surface area contributed by atoms with Gasteiger partial charge in [-0.1, -0.05) is 18.2 Å². The number of fused-ring (bicyclic) bond motifs is 1. The van der Waals surface area contributed by atoms with Crippen LogP contribution >= 0.6 is 0 Å². The molecule has 1 aromatic heterocycles. The van der Waals surface area contributed by atoms with Crippen molar-refractivity contribution in [2.75, 3.05) is 0 Å². The smallest absolute Gasteiger partial charge is 0.0813 e. The van der Waals surface area contributed by atoms with Crippen LogP contribution in [0.3, 0.4) is 0 Å². The summed E-state index contributed by atoms with van der Waals surface area (Å²) in [7, 11) is 0. The summed E-state index contributed by atoms with van der Waals surface area (Å²) in [6.07, 6.45) is 3.69. The number of aromatic nitrogens is 1. The zero-order valence-corrected chi connectivity index (χ0v) is 10.5. The summed E-state index contributed by atoms with van der Waals surface area (Å²) in [6, 6.07) is 8.24. The van der Waals surface area contributed by atoms with Crippen molar-refractivity contribution in [3.63, 3.8) is 0 Å². The first-order valence-corrected chi connectivity index (χ1v) is 5.79. The van der Waals surface area contributed by atoms with Crippen LogP contribution in [0.5, 0.6) is 0 Å². The lowest BCUT2D eigenvalue weighted by molar-refractivity contribution is -0.0756. The van der Waals surface area contributed by atoms with Crippen LogP contribution in [0.15, 0.2) is 36.7 Å². The van der Waals surface area contributed by atoms with E-state index in [2.05, 4.69) is 22.6 Å². The Morgan fingerprint density at radius 2 is 2.06 bits per heavy atom. The van der Waals surface area contributed by atoms with E-state index in [1.807, 2.05) is 45.3 Å². The molecule has 1 heterocycles. The summed E-state index contributed by atoms with van der Waals surface area (Å²) in [6.45, 7) is 6.76. The summed E-state index contributed by atoms with van der Waals surface area (Å²) < 4.78 is 0. The third kappa shape index (κ3) is 3.25. The lowest BCUT2D eigenvalue weighted by Gasteiger charge is -2.19.